The van der Waals surface area contributed by atoms with E-state index < -0.39 is 0 Å². The molecule has 0 bridgehead atoms. The summed E-state index contributed by atoms with van der Waals surface area (Å²) >= 11 is 0. The van der Waals surface area contributed by atoms with Crippen molar-refractivity contribution in [3.63, 3.8) is 0 Å². The van der Waals surface area contributed by atoms with Crippen molar-refractivity contribution in [1.82, 2.24) is 9.80 Å². The summed E-state index contributed by atoms with van der Waals surface area (Å²) in [5.41, 5.74) is 4.90. The number of benzene rings is 2. The monoisotopic (exact) mass is 408 g/mol. The van der Waals surface area contributed by atoms with Gasteiger partial charge in [-0.2, -0.15) is 0 Å². The maximum atomic E-state index is 13.2. The third-order valence-corrected chi connectivity index (χ3v) is 6.30. The van der Waals surface area contributed by atoms with Crippen molar-refractivity contribution in [2.45, 2.75) is 38.8 Å². The third kappa shape index (κ3) is 4.88. The van der Waals surface area contributed by atoms with Crippen LogP contribution in [0.15, 0.2) is 60.7 Å². The minimum Gasteiger partial charge on any atom is -0.284 e. The van der Waals surface area contributed by atoms with Crippen LogP contribution < -0.4 is 0 Å². The van der Waals surface area contributed by atoms with Crippen LogP contribution in [-0.4, -0.2) is 42.1 Å². The fourth-order valence-electron chi connectivity index (χ4n) is 4.62. The zero-order valence-corrected chi connectivity index (χ0v) is 17.7. The summed E-state index contributed by atoms with van der Waals surface area (Å²) in [7, 11) is 0. The fourth-order valence-corrected chi connectivity index (χ4v) is 4.62. The van der Waals surface area contributed by atoms with Gasteiger partial charge in [0.15, 0.2) is 0 Å². The molecule has 2 aliphatic rings. The van der Waals surface area contributed by atoms with Crippen LogP contribution in [0.1, 0.15) is 43.7 Å². The average molecular weight is 409 g/mol. The largest absolute Gasteiger partial charge is 0.284 e. The molecule has 2 aromatic carbocycles. The first-order valence-corrected chi connectivity index (χ1v) is 11.0. The van der Waals surface area contributed by atoms with Gasteiger partial charge < -0.3 is 0 Å². The standard InChI is InChI=1S/C26H30F2N2/c1-2-3-26(29-16-12-22(13-17-29)20-4-8-24(27)9-5-20)30-18-14-23(15-19-30)21-6-10-25(28)11-7-21/h4-12,14,26H,2-3,13,15-19H2,1H3. The van der Waals surface area contributed by atoms with E-state index in [1.807, 2.05) is 24.3 Å². The summed E-state index contributed by atoms with van der Waals surface area (Å²) in [4.78, 5) is 5.15. The molecule has 4 rings (SSSR count). The summed E-state index contributed by atoms with van der Waals surface area (Å²) in [6.07, 6.45) is 9.35. The van der Waals surface area contributed by atoms with Crippen molar-refractivity contribution < 1.29 is 8.78 Å². The van der Waals surface area contributed by atoms with E-state index >= 15 is 0 Å². The molecule has 0 atom stereocenters. The highest BCUT2D eigenvalue weighted by molar-refractivity contribution is 5.67. The van der Waals surface area contributed by atoms with E-state index in [0.29, 0.717) is 6.17 Å². The van der Waals surface area contributed by atoms with Crippen LogP contribution in [0.2, 0.25) is 0 Å². The molecule has 158 valence electrons. The molecule has 0 fully saturated rings. The average Bonchev–Trinajstić information content (AvgIpc) is 2.79. The van der Waals surface area contributed by atoms with Gasteiger partial charge in [0.05, 0.1) is 6.17 Å². The molecule has 2 aliphatic heterocycles. The smallest absolute Gasteiger partial charge is 0.123 e. The normalized spacial score (nSPS) is 18.4. The second kappa shape index (κ2) is 9.67. The van der Waals surface area contributed by atoms with Crippen molar-refractivity contribution >= 4 is 11.1 Å². The highest BCUT2D eigenvalue weighted by atomic mass is 19.1. The van der Waals surface area contributed by atoms with Gasteiger partial charge in [-0.05, 0) is 65.8 Å². The maximum absolute atomic E-state index is 13.2. The Morgan fingerprint density at radius 3 is 1.50 bits per heavy atom. The number of halogens is 2. The zero-order chi connectivity index (χ0) is 20.9. The molecular formula is C26H30F2N2. The molecular weight excluding hydrogens is 378 g/mol. The Morgan fingerprint density at radius 2 is 1.17 bits per heavy atom. The van der Waals surface area contributed by atoms with E-state index in [1.165, 1.54) is 11.1 Å². The van der Waals surface area contributed by atoms with Crippen LogP contribution >= 0.6 is 0 Å². The van der Waals surface area contributed by atoms with Gasteiger partial charge in [0.25, 0.3) is 0 Å². The molecule has 0 unspecified atom stereocenters. The van der Waals surface area contributed by atoms with E-state index in [2.05, 4.69) is 28.9 Å². The number of rotatable bonds is 6. The molecule has 2 heterocycles. The lowest BCUT2D eigenvalue weighted by Gasteiger charge is -2.42. The van der Waals surface area contributed by atoms with Gasteiger partial charge in [0.1, 0.15) is 11.6 Å². The van der Waals surface area contributed by atoms with Crippen LogP contribution in [0.4, 0.5) is 8.78 Å². The molecule has 0 aromatic heterocycles. The van der Waals surface area contributed by atoms with Crippen LogP contribution in [0.5, 0.6) is 0 Å². The van der Waals surface area contributed by atoms with Gasteiger partial charge in [-0.1, -0.05) is 49.8 Å². The van der Waals surface area contributed by atoms with Crippen molar-refractivity contribution in [3.05, 3.63) is 83.4 Å². The minimum absolute atomic E-state index is 0.182. The van der Waals surface area contributed by atoms with Crippen LogP contribution in [0.25, 0.3) is 11.1 Å². The van der Waals surface area contributed by atoms with Crippen molar-refractivity contribution in [2.24, 2.45) is 0 Å². The Labute approximate surface area is 178 Å². The molecule has 0 radical (unpaired) electrons. The summed E-state index contributed by atoms with van der Waals surface area (Å²) < 4.78 is 26.4. The van der Waals surface area contributed by atoms with E-state index in [9.17, 15) is 8.78 Å². The number of hydrogen-bond acceptors (Lipinski definition) is 2. The Balaban J connectivity index is 1.42. The number of nitrogens with zero attached hydrogens (tertiary/aromatic N) is 2. The lowest BCUT2D eigenvalue weighted by molar-refractivity contribution is 0.0499. The predicted octanol–water partition coefficient (Wildman–Crippen LogP) is 5.97. The summed E-state index contributed by atoms with van der Waals surface area (Å²) in [5, 5.41) is 0. The Hall–Kier alpha value is -2.30. The molecule has 0 aliphatic carbocycles. The summed E-state index contributed by atoms with van der Waals surface area (Å²) in [6.45, 7) is 6.17. The topological polar surface area (TPSA) is 6.48 Å². The van der Waals surface area contributed by atoms with Crippen LogP contribution in [-0.2, 0) is 0 Å². The van der Waals surface area contributed by atoms with E-state index in [1.54, 1.807) is 24.3 Å². The highest BCUT2D eigenvalue weighted by Gasteiger charge is 2.27. The molecule has 0 N–H and O–H groups in total. The van der Waals surface area contributed by atoms with Crippen molar-refractivity contribution in [2.75, 3.05) is 26.2 Å². The quantitative estimate of drug-likeness (QED) is 0.581. The van der Waals surface area contributed by atoms with Gasteiger partial charge in [-0.15, -0.1) is 0 Å². The lowest BCUT2D eigenvalue weighted by atomic mass is 9.97. The first-order chi connectivity index (χ1) is 14.6. The summed E-state index contributed by atoms with van der Waals surface area (Å²) in [5.74, 6) is -0.365. The van der Waals surface area contributed by atoms with Gasteiger partial charge in [0.2, 0.25) is 0 Å². The lowest BCUT2D eigenvalue weighted by Crippen LogP contribution is -2.51. The first-order valence-electron chi connectivity index (χ1n) is 11.0. The van der Waals surface area contributed by atoms with E-state index in [0.717, 1.165) is 63.0 Å². The predicted molar refractivity (Wildman–Crippen MR) is 120 cm³/mol. The molecule has 0 saturated heterocycles. The van der Waals surface area contributed by atoms with Gasteiger partial charge in [-0.25, -0.2) is 8.78 Å². The molecule has 2 nitrogen and oxygen atoms in total. The van der Waals surface area contributed by atoms with Crippen molar-refractivity contribution in [3.8, 4) is 0 Å². The number of hydrogen-bond donors (Lipinski definition) is 0. The van der Waals surface area contributed by atoms with Crippen LogP contribution in [0, 0.1) is 11.6 Å². The fraction of sp³-hybridized carbons (Fsp3) is 0.385. The molecule has 30 heavy (non-hydrogen) atoms. The van der Waals surface area contributed by atoms with Gasteiger partial charge in [0, 0.05) is 26.2 Å². The molecule has 0 saturated carbocycles. The summed E-state index contributed by atoms with van der Waals surface area (Å²) in [6, 6.07) is 13.7. The van der Waals surface area contributed by atoms with Crippen molar-refractivity contribution in [1.29, 1.82) is 0 Å². The Kier molecular flexibility index (Phi) is 6.76. The zero-order valence-electron chi connectivity index (χ0n) is 17.7. The van der Waals surface area contributed by atoms with E-state index in [-0.39, 0.29) is 11.6 Å². The molecule has 0 amide bonds. The SMILES string of the molecule is CCCC(N1CC=C(c2ccc(F)cc2)CC1)N1CC=C(c2ccc(F)cc2)CC1. The van der Waals surface area contributed by atoms with Gasteiger partial charge >= 0.3 is 0 Å². The minimum atomic E-state index is -0.182. The third-order valence-electron chi connectivity index (χ3n) is 6.30. The second-order valence-electron chi connectivity index (χ2n) is 8.23. The Bertz CT molecular complexity index is 826. The molecule has 4 heteroatoms. The van der Waals surface area contributed by atoms with E-state index in [4.69, 9.17) is 0 Å². The molecule has 2 aromatic rings. The molecule has 0 spiro atoms. The Morgan fingerprint density at radius 1 is 0.733 bits per heavy atom. The first kappa shape index (κ1) is 21.0. The van der Waals surface area contributed by atoms with Crippen LogP contribution in [0.3, 0.4) is 0 Å². The van der Waals surface area contributed by atoms with Gasteiger partial charge in [-0.3, -0.25) is 9.80 Å². The highest BCUT2D eigenvalue weighted by Crippen LogP contribution is 2.28. The maximum Gasteiger partial charge on any atom is 0.123 e. The second-order valence-corrected chi connectivity index (χ2v) is 8.23.